The van der Waals surface area contributed by atoms with Crippen LogP contribution in [0.25, 0.3) is 0 Å². The van der Waals surface area contributed by atoms with Gasteiger partial charge in [0, 0.05) is 16.7 Å². The summed E-state index contributed by atoms with van der Waals surface area (Å²) in [4.78, 5) is 0.202. The molecule has 6 fully saturated rings. The summed E-state index contributed by atoms with van der Waals surface area (Å²) >= 11 is 3.81. The molecule has 0 amide bonds. The van der Waals surface area contributed by atoms with Gasteiger partial charge in [-0.25, -0.2) is 0 Å². The third kappa shape index (κ3) is 0.768. The molecule has 0 aromatic heterocycles. The lowest BCUT2D eigenvalue weighted by Crippen LogP contribution is -2.47. The van der Waals surface area contributed by atoms with Gasteiger partial charge in [0.2, 0.25) is 0 Å². The van der Waals surface area contributed by atoms with Crippen molar-refractivity contribution in [1.29, 1.82) is 0 Å². The zero-order valence-corrected chi connectivity index (χ0v) is 12.6. The highest BCUT2D eigenvalue weighted by atomic mass is 79.9. The van der Waals surface area contributed by atoms with Crippen molar-refractivity contribution in [2.75, 3.05) is 0 Å². The molecule has 5 unspecified atom stereocenters. The highest BCUT2D eigenvalue weighted by Crippen LogP contribution is 2.88. The third-order valence-electron chi connectivity index (χ3n) is 7.70. The lowest BCUT2D eigenvalue weighted by atomic mass is 9.69. The lowest BCUT2D eigenvalue weighted by molar-refractivity contribution is -0.0777. The molecule has 3 heteroatoms. The Morgan fingerprint density at radius 2 is 1.70 bits per heavy atom. The van der Waals surface area contributed by atoms with Crippen LogP contribution in [-0.2, 0) is 5.60 Å². The van der Waals surface area contributed by atoms with Crippen molar-refractivity contribution < 1.29 is 10.2 Å². The first-order valence-electron chi connectivity index (χ1n) is 7.75. The minimum atomic E-state index is -0.790. The predicted octanol–water partition coefficient (Wildman–Crippen LogP) is 2.14. The van der Waals surface area contributed by atoms with Gasteiger partial charge in [0.1, 0.15) is 0 Å². The molecule has 1 aromatic rings. The first-order chi connectivity index (χ1) is 9.61. The molecule has 1 aromatic carbocycles. The Hall–Kier alpha value is -0.380. The van der Waals surface area contributed by atoms with E-state index in [0.29, 0.717) is 29.6 Å². The first-order valence-corrected chi connectivity index (χ1v) is 8.67. The molecule has 6 aliphatic carbocycles. The van der Waals surface area contributed by atoms with Gasteiger partial charge in [-0.15, -0.1) is 0 Å². The summed E-state index contributed by atoms with van der Waals surface area (Å²) in [6, 6.07) is 10.1. The van der Waals surface area contributed by atoms with E-state index in [1.54, 1.807) is 0 Å². The molecule has 104 valence electrons. The van der Waals surface area contributed by atoms with E-state index in [9.17, 15) is 10.2 Å². The zero-order valence-electron chi connectivity index (χ0n) is 11.0. The fraction of sp³-hybridized carbons (Fsp3) is 0.647. The van der Waals surface area contributed by atoms with Gasteiger partial charge in [0.05, 0.1) is 11.2 Å². The van der Waals surface area contributed by atoms with E-state index in [0.717, 1.165) is 5.56 Å². The number of halogens is 1. The molecule has 2 N–H and O–H groups in total. The average molecular weight is 333 g/mol. The summed E-state index contributed by atoms with van der Waals surface area (Å²) in [5, 5.41) is 23.0. The molecule has 6 saturated carbocycles. The summed E-state index contributed by atoms with van der Waals surface area (Å²) in [5.41, 5.74) is -0.420. The van der Waals surface area contributed by atoms with Gasteiger partial charge in [0.25, 0.3) is 0 Å². The van der Waals surface area contributed by atoms with Crippen molar-refractivity contribution >= 4 is 15.9 Å². The number of hydrogen-bond donors (Lipinski definition) is 2. The van der Waals surface area contributed by atoms with E-state index in [2.05, 4.69) is 28.1 Å². The number of hydrogen-bond acceptors (Lipinski definition) is 2. The summed E-state index contributed by atoms with van der Waals surface area (Å²) < 4.78 is 0. The topological polar surface area (TPSA) is 40.5 Å². The number of rotatable bonds is 1. The van der Waals surface area contributed by atoms with Crippen LogP contribution in [0.15, 0.2) is 30.3 Å². The van der Waals surface area contributed by atoms with Crippen molar-refractivity contribution in [2.24, 2.45) is 41.4 Å². The van der Waals surface area contributed by atoms with Crippen LogP contribution in [-0.4, -0.2) is 20.6 Å². The molecule has 0 saturated heterocycles. The number of aliphatic hydroxyl groups is 2. The zero-order chi connectivity index (χ0) is 13.4. The first kappa shape index (κ1) is 11.2. The van der Waals surface area contributed by atoms with Crippen LogP contribution < -0.4 is 0 Å². The highest BCUT2D eigenvalue weighted by molar-refractivity contribution is 9.09. The maximum atomic E-state index is 11.6. The van der Waals surface area contributed by atoms with Crippen LogP contribution in [0.2, 0.25) is 0 Å². The fourth-order valence-corrected chi connectivity index (χ4v) is 9.06. The highest BCUT2D eigenvalue weighted by Gasteiger charge is 2.92. The van der Waals surface area contributed by atoms with Crippen LogP contribution in [0.5, 0.6) is 0 Å². The van der Waals surface area contributed by atoms with Crippen molar-refractivity contribution in [3.8, 4) is 0 Å². The van der Waals surface area contributed by atoms with Gasteiger partial charge in [-0.3, -0.25) is 0 Å². The quantitative estimate of drug-likeness (QED) is 0.773. The normalized spacial score (nSPS) is 67.0. The maximum absolute atomic E-state index is 11.6. The van der Waals surface area contributed by atoms with E-state index < -0.39 is 11.2 Å². The van der Waals surface area contributed by atoms with Crippen LogP contribution in [0.4, 0.5) is 0 Å². The van der Waals surface area contributed by atoms with Crippen LogP contribution in [0.3, 0.4) is 0 Å². The van der Waals surface area contributed by atoms with Crippen molar-refractivity contribution in [1.82, 2.24) is 0 Å². The average Bonchev–Trinajstić information content (AvgIpc) is 3.16. The maximum Gasteiger partial charge on any atom is 0.0989 e. The van der Waals surface area contributed by atoms with Gasteiger partial charge in [-0.05, 0) is 41.6 Å². The Morgan fingerprint density at radius 3 is 2.40 bits per heavy atom. The minimum absolute atomic E-state index is 0.0468. The largest absolute Gasteiger partial charge is 0.388 e. The molecule has 2 nitrogen and oxygen atoms in total. The summed E-state index contributed by atoms with van der Waals surface area (Å²) in [6.07, 6.45) is 1.24. The monoisotopic (exact) mass is 332 g/mol. The standard InChI is InChI=1S/C17H17BrO2/c18-15-11-9-6-8-10(11)14-16(19,7-4-2-1-3-5-7)12(8)13(9)17(14,15)20/h1-5,8-15,19-20H,6H2/t8-,9+,10?,11?,12?,13?,14?,15+,16-,17-/m1/s1. The van der Waals surface area contributed by atoms with Crippen LogP contribution in [0.1, 0.15) is 12.0 Å². The smallest absolute Gasteiger partial charge is 0.0989 e. The summed E-state index contributed by atoms with van der Waals surface area (Å²) in [6.45, 7) is 0. The second-order valence-electron chi connectivity index (χ2n) is 7.73. The Morgan fingerprint density at radius 1 is 1.00 bits per heavy atom. The van der Waals surface area contributed by atoms with E-state index in [1.807, 2.05) is 18.2 Å². The molecule has 7 rings (SSSR count). The van der Waals surface area contributed by atoms with E-state index in [-0.39, 0.29) is 16.7 Å². The number of alkyl halides is 1. The molecule has 6 aliphatic rings. The molecule has 0 heterocycles. The molecule has 10 atom stereocenters. The van der Waals surface area contributed by atoms with Crippen molar-refractivity contribution in [3.63, 3.8) is 0 Å². The Balaban J connectivity index is 1.65. The third-order valence-corrected chi connectivity index (χ3v) is 9.05. The summed E-state index contributed by atoms with van der Waals surface area (Å²) in [7, 11) is 0. The second-order valence-corrected chi connectivity index (χ2v) is 8.71. The lowest BCUT2D eigenvalue weighted by Gasteiger charge is -2.38. The van der Waals surface area contributed by atoms with E-state index >= 15 is 0 Å². The molecule has 6 bridgehead atoms. The van der Waals surface area contributed by atoms with Gasteiger partial charge in [-0.1, -0.05) is 46.3 Å². The number of benzene rings is 1. The van der Waals surface area contributed by atoms with Crippen molar-refractivity contribution in [3.05, 3.63) is 35.9 Å². The SMILES string of the molecule is O[C@]1(c2ccccc2)C2C3[C@H]4C[C@@H]2C2C4[C@H](Br)[C@]3(O)C21. The van der Waals surface area contributed by atoms with Gasteiger partial charge >= 0.3 is 0 Å². The van der Waals surface area contributed by atoms with E-state index in [1.165, 1.54) is 6.42 Å². The fourth-order valence-electron chi connectivity index (χ4n) is 7.73. The van der Waals surface area contributed by atoms with Gasteiger partial charge in [-0.2, -0.15) is 0 Å². The van der Waals surface area contributed by atoms with Gasteiger partial charge in [0.15, 0.2) is 0 Å². The molecule has 0 radical (unpaired) electrons. The van der Waals surface area contributed by atoms with Crippen LogP contribution in [0, 0.1) is 41.4 Å². The minimum Gasteiger partial charge on any atom is -0.388 e. The van der Waals surface area contributed by atoms with Gasteiger partial charge < -0.3 is 10.2 Å². The molecule has 0 aliphatic heterocycles. The molecule has 0 spiro atoms. The predicted molar refractivity (Wildman–Crippen MR) is 77.1 cm³/mol. The van der Waals surface area contributed by atoms with E-state index in [4.69, 9.17) is 0 Å². The molecular weight excluding hydrogens is 316 g/mol. The Labute approximate surface area is 126 Å². The molecular formula is C17H17BrO2. The Kier molecular flexibility index (Phi) is 1.63. The van der Waals surface area contributed by atoms with Crippen LogP contribution >= 0.6 is 15.9 Å². The van der Waals surface area contributed by atoms with Crippen molar-refractivity contribution in [2.45, 2.75) is 22.5 Å². The second kappa shape index (κ2) is 2.90. The summed E-state index contributed by atoms with van der Waals surface area (Å²) in [5.74, 6) is 3.09. The molecule has 20 heavy (non-hydrogen) atoms. The Bertz CT molecular complexity index is 631.